The number of carboxylic acids is 1. The summed E-state index contributed by atoms with van der Waals surface area (Å²) in [4.78, 5) is 10.9. The lowest BCUT2D eigenvalue weighted by Crippen LogP contribution is -2.34. The van der Waals surface area contributed by atoms with Crippen LogP contribution < -0.4 is 4.57 Å². The van der Waals surface area contributed by atoms with Crippen LogP contribution in [-0.2, 0) is 7.05 Å². The molecule has 2 heterocycles. The Bertz CT molecular complexity index is 473. The minimum Gasteiger partial charge on any atom is -0.472 e. The van der Waals surface area contributed by atoms with Crippen LogP contribution in [0, 0.1) is 0 Å². The van der Waals surface area contributed by atoms with E-state index in [2.05, 4.69) is 0 Å². The Morgan fingerprint density at radius 1 is 1.54 bits per heavy atom. The van der Waals surface area contributed by atoms with Crippen molar-refractivity contribution in [3.05, 3.63) is 36.4 Å². The van der Waals surface area contributed by atoms with Gasteiger partial charge in [0, 0.05) is 0 Å². The number of rotatable bonds is 1. The summed E-state index contributed by atoms with van der Waals surface area (Å²) >= 11 is 0. The fraction of sp³-hybridized carbons (Fsp3) is 0.111. The number of imidazole rings is 1. The Balaban J connectivity index is 2.86. The summed E-state index contributed by atoms with van der Waals surface area (Å²) in [6.07, 6.45) is 3.52. The van der Waals surface area contributed by atoms with Crippen molar-refractivity contribution in [1.29, 1.82) is 0 Å². The van der Waals surface area contributed by atoms with E-state index < -0.39 is 5.97 Å². The minimum absolute atomic E-state index is 0.260. The quantitative estimate of drug-likeness (QED) is 0.643. The van der Waals surface area contributed by atoms with E-state index in [0.29, 0.717) is 0 Å². The molecule has 0 atom stereocenters. The first kappa shape index (κ1) is 7.79. The first-order valence-corrected chi connectivity index (χ1v) is 3.89. The van der Waals surface area contributed by atoms with E-state index in [4.69, 9.17) is 5.11 Å². The lowest BCUT2D eigenvalue weighted by atomic mass is 10.4. The van der Waals surface area contributed by atoms with Gasteiger partial charge in [-0.2, -0.15) is 4.40 Å². The highest BCUT2D eigenvalue weighted by Crippen LogP contribution is 2.03. The maximum Gasteiger partial charge on any atom is 0.420 e. The molecule has 0 unspecified atom stereocenters. The fourth-order valence-electron chi connectivity index (χ4n) is 1.44. The van der Waals surface area contributed by atoms with Crippen molar-refractivity contribution in [3.63, 3.8) is 0 Å². The molecule has 0 saturated heterocycles. The van der Waals surface area contributed by atoms with Crippen molar-refractivity contribution >= 4 is 11.5 Å². The van der Waals surface area contributed by atoms with E-state index in [1.807, 2.05) is 12.1 Å². The minimum atomic E-state index is -0.922. The van der Waals surface area contributed by atoms with Crippen molar-refractivity contribution < 1.29 is 14.5 Å². The second-order valence-corrected chi connectivity index (χ2v) is 2.86. The zero-order chi connectivity index (χ0) is 9.42. The molecule has 2 aromatic rings. The molecule has 0 bridgehead atoms. The van der Waals surface area contributed by atoms with Gasteiger partial charge in [0.15, 0.2) is 5.52 Å². The van der Waals surface area contributed by atoms with Crippen molar-refractivity contribution in [2.75, 3.05) is 0 Å². The number of aryl methyl sites for hydroxylation is 1. The van der Waals surface area contributed by atoms with Gasteiger partial charge in [0.2, 0.25) is 0 Å². The fourth-order valence-corrected chi connectivity index (χ4v) is 1.44. The predicted octanol–water partition coefficient (Wildman–Crippen LogP) is 0.462. The highest BCUT2D eigenvalue weighted by Gasteiger charge is 2.21. The average Bonchev–Trinajstić information content (AvgIpc) is 2.39. The smallest absolute Gasteiger partial charge is 0.420 e. The van der Waals surface area contributed by atoms with E-state index in [0.717, 1.165) is 5.52 Å². The Labute approximate surface area is 74.7 Å². The largest absolute Gasteiger partial charge is 0.472 e. The molecule has 2 aromatic heterocycles. The van der Waals surface area contributed by atoms with Crippen LogP contribution in [0.3, 0.4) is 0 Å². The van der Waals surface area contributed by atoms with E-state index in [9.17, 15) is 4.79 Å². The number of hydrogen-bond acceptors (Lipinski definition) is 1. The first-order valence-electron chi connectivity index (χ1n) is 3.89. The summed E-state index contributed by atoms with van der Waals surface area (Å²) in [5.41, 5.74) is 0.877. The van der Waals surface area contributed by atoms with Gasteiger partial charge in [0.25, 0.3) is 0 Å². The summed E-state index contributed by atoms with van der Waals surface area (Å²) in [6, 6.07) is 5.55. The molecule has 13 heavy (non-hydrogen) atoms. The van der Waals surface area contributed by atoms with Gasteiger partial charge in [0.05, 0.1) is 13.2 Å². The van der Waals surface area contributed by atoms with Crippen molar-refractivity contribution in [2.45, 2.75) is 0 Å². The Morgan fingerprint density at radius 3 is 3.00 bits per heavy atom. The van der Waals surface area contributed by atoms with E-state index in [1.165, 1.54) is 0 Å². The van der Waals surface area contributed by atoms with Crippen molar-refractivity contribution in [1.82, 2.24) is 4.40 Å². The zero-order valence-corrected chi connectivity index (χ0v) is 7.14. The monoisotopic (exact) mass is 177 g/mol. The summed E-state index contributed by atoms with van der Waals surface area (Å²) in [6.45, 7) is 0. The van der Waals surface area contributed by atoms with Crippen LogP contribution in [0.15, 0.2) is 30.6 Å². The molecule has 0 aliphatic rings. The lowest BCUT2D eigenvalue weighted by molar-refractivity contribution is -0.672. The number of hydrogen-bond donors (Lipinski definition) is 1. The third kappa shape index (κ3) is 1.07. The third-order valence-corrected chi connectivity index (χ3v) is 1.97. The predicted molar refractivity (Wildman–Crippen MR) is 45.5 cm³/mol. The van der Waals surface area contributed by atoms with Crippen LogP contribution >= 0.6 is 0 Å². The van der Waals surface area contributed by atoms with E-state index >= 15 is 0 Å². The van der Waals surface area contributed by atoms with Crippen LogP contribution in [-0.4, -0.2) is 15.5 Å². The molecule has 0 amide bonds. The molecule has 0 aliphatic heterocycles. The van der Waals surface area contributed by atoms with Gasteiger partial charge < -0.3 is 5.11 Å². The number of aromatic nitrogens is 2. The number of carbonyl (C=O) groups is 1. The van der Waals surface area contributed by atoms with Gasteiger partial charge in [-0.1, -0.05) is 6.07 Å². The first-order chi connectivity index (χ1) is 6.20. The van der Waals surface area contributed by atoms with Crippen LogP contribution in [0.25, 0.3) is 5.52 Å². The molecule has 1 N–H and O–H groups in total. The molecule has 0 radical (unpaired) electrons. The van der Waals surface area contributed by atoms with Crippen molar-refractivity contribution in [2.24, 2.45) is 7.05 Å². The Kier molecular flexibility index (Phi) is 1.55. The molecule has 2 rings (SSSR count). The molecule has 4 nitrogen and oxygen atoms in total. The average molecular weight is 177 g/mol. The molecule has 0 saturated carbocycles. The van der Waals surface area contributed by atoms with E-state index in [1.54, 1.807) is 34.5 Å². The van der Waals surface area contributed by atoms with Crippen LogP contribution in [0.4, 0.5) is 0 Å². The van der Waals surface area contributed by atoms with Gasteiger partial charge in [-0.15, -0.1) is 0 Å². The summed E-state index contributed by atoms with van der Waals surface area (Å²) in [7, 11) is 1.72. The highest BCUT2D eigenvalue weighted by atomic mass is 16.4. The molecular formula is C9H9N2O2+. The van der Waals surface area contributed by atoms with Gasteiger partial charge in [-0.25, -0.2) is 9.36 Å². The number of fused-ring (bicyclic) bond motifs is 1. The summed E-state index contributed by atoms with van der Waals surface area (Å²) in [5, 5.41) is 8.91. The lowest BCUT2D eigenvalue weighted by Gasteiger charge is -1.88. The number of nitrogens with zero attached hydrogens (tertiary/aromatic N) is 2. The van der Waals surface area contributed by atoms with Gasteiger partial charge in [-0.3, -0.25) is 0 Å². The van der Waals surface area contributed by atoms with E-state index in [-0.39, 0.29) is 5.82 Å². The number of aromatic carboxylic acids is 1. The maximum atomic E-state index is 10.9. The van der Waals surface area contributed by atoms with Crippen LogP contribution in [0.2, 0.25) is 0 Å². The molecule has 4 heteroatoms. The van der Waals surface area contributed by atoms with Crippen LogP contribution in [0.5, 0.6) is 0 Å². The topological polar surface area (TPSA) is 45.6 Å². The summed E-state index contributed by atoms with van der Waals surface area (Å²) in [5.74, 6) is -0.663. The second kappa shape index (κ2) is 2.58. The van der Waals surface area contributed by atoms with Crippen molar-refractivity contribution in [3.8, 4) is 0 Å². The third-order valence-electron chi connectivity index (χ3n) is 1.97. The standard InChI is InChI=1S/C9H8N2O2/c1-10-6-7-4-2-3-5-11(7)8(10)9(12)13/h2-6H,1H3/p+1. The zero-order valence-electron chi connectivity index (χ0n) is 7.14. The van der Waals surface area contributed by atoms with Gasteiger partial charge in [0.1, 0.15) is 6.20 Å². The van der Waals surface area contributed by atoms with Crippen LogP contribution in [0.1, 0.15) is 10.6 Å². The maximum absolute atomic E-state index is 10.9. The number of carboxylic acid groups (broad SMARTS) is 1. The molecule has 0 fully saturated rings. The second-order valence-electron chi connectivity index (χ2n) is 2.86. The summed E-state index contributed by atoms with van der Waals surface area (Å²) < 4.78 is 3.24. The normalized spacial score (nSPS) is 10.5. The molecule has 0 aromatic carbocycles. The Hall–Kier alpha value is -1.84. The Morgan fingerprint density at radius 2 is 2.31 bits per heavy atom. The SMILES string of the molecule is C[n+]1cc2ccccn2c1C(=O)O. The molecular weight excluding hydrogens is 168 g/mol. The molecule has 66 valence electrons. The highest BCUT2D eigenvalue weighted by molar-refractivity contribution is 5.83. The number of pyridine rings is 1. The van der Waals surface area contributed by atoms with Gasteiger partial charge >= 0.3 is 11.8 Å². The molecule has 0 aliphatic carbocycles. The van der Waals surface area contributed by atoms with Gasteiger partial charge in [-0.05, 0) is 12.1 Å². The molecule has 0 spiro atoms.